The molecule has 0 aliphatic heterocycles. The maximum atomic E-state index is 12.7. The van der Waals surface area contributed by atoms with Crippen molar-refractivity contribution >= 4 is 15.9 Å². The largest absolute Gasteiger partial charge is 0.405 e. The average molecular weight is 466 g/mol. The van der Waals surface area contributed by atoms with E-state index in [-0.39, 0.29) is 17.0 Å². The van der Waals surface area contributed by atoms with Gasteiger partial charge in [-0.15, -0.1) is 0 Å². The van der Waals surface area contributed by atoms with Gasteiger partial charge in [0.05, 0.1) is 16.3 Å². The molecule has 1 aromatic heterocycles. The molecule has 170 valence electrons. The molecule has 0 bridgehead atoms. The van der Waals surface area contributed by atoms with Crippen LogP contribution < -0.4 is 10.0 Å². The summed E-state index contributed by atoms with van der Waals surface area (Å²) in [5.41, 5.74) is 2.95. The number of carbonyl (C=O) groups is 1. The zero-order valence-corrected chi connectivity index (χ0v) is 18.1. The first kappa shape index (κ1) is 23.5. The molecule has 0 atom stereocenters. The van der Waals surface area contributed by atoms with E-state index in [0.29, 0.717) is 5.69 Å². The molecule has 3 rings (SSSR count). The Kier molecular flexibility index (Phi) is 6.70. The summed E-state index contributed by atoms with van der Waals surface area (Å²) in [5.74, 6) is -0.946. The SMILES string of the molecule is Cc1nn(-c2ccccc2)c(C)c1CNS(=O)(=O)c1ccc(C(=O)NCC(F)(F)F)cc1. The number of hydrogen-bond donors (Lipinski definition) is 2. The van der Waals surface area contributed by atoms with Gasteiger partial charge in [0, 0.05) is 23.4 Å². The highest BCUT2D eigenvalue weighted by Crippen LogP contribution is 2.19. The number of aryl methyl sites for hydroxylation is 1. The fraction of sp³-hybridized carbons (Fsp3) is 0.238. The molecular weight excluding hydrogens is 445 g/mol. The molecule has 7 nitrogen and oxygen atoms in total. The van der Waals surface area contributed by atoms with Gasteiger partial charge in [-0.3, -0.25) is 4.79 Å². The lowest BCUT2D eigenvalue weighted by molar-refractivity contribution is -0.123. The van der Waals surface area contributed by atoms with Crippen molar-refractivity contribution in [1.82, 2.24) is 19.8 Å². The van der Waals surface area contributed by atoms with E-state index >= 15 is 0 Å². The highest BCUT2D eigenvalue weighted by Gasteiger charge is 2.28. The fourth-order valence-corrected chi connectivity index (χ4v) is 4.07. The second-order valence-electron chi connectivity index (χ2n) is 7.04. The Morgan fingerprint density at radius 2 is 1.66 bits per heavy atom. The highest BCUT2D eigenvalue weighted by molar-refractivity contribution is 7.89. The average Bonchev–Trinajstić information content (AvgIpc) is 3.04. The van der Waals surface area contributed by atoms with E-state index in [1.807, 2.05) is 37.3 Å². The van der Waals surface area contributed by atoms with Gasteiger partial charge < -0.3 is 5.32 Å². The summed E-state index contributed by atoms with van der Waals surface area (Å²) in [6, 6.07) is 14.1. The fourth-order valence-electron chi connectivity index (χ4n) is 3.07. The van der Waals surface area contributed by atoms with Crippen LogP contribution in [0.2, 0.25) is 0 Å². The standard InChI is InChI=1S/C21H21F3N4O3S/c1-14-19(15(2)28(27-14)17-6-4-3-5-7-17)12-26-32(30,31)18-10-8-16(9-11-18)20(29)25-13-21(22,23)24/h3-11,26H,12-13H2,1-2H3,(H,25,29). The van der Waals surface area contributed by atoms with Gasteiger partial charge in [-0.1, -0.05) is 18.2 Å². The normalized spacial score (nSPS) is 12.0. The number of nitrogens with one attached hydrogen (secondary N) is 2. The number of benzene rings is 2. The van der Waals surface area contributed by atoms with Crippen molar-refractivity contribution in [2.24, 2.45) is 0 Å². The summed E-state index contributed by atoms with van der Waals surface area (Å²) in [6.45, 7) is 2.15. The molecule has 0 saturated carbocycles. The van der Waals surface area contributed by atoms with Gasteiger partial charge >= 0.3 is 6.18 Å². The van der Waals surface area contributed by atoms with Crippen LogP contribution in [0.5, 0.6) is 0 Å². The zero-order chi connectivity index (χ0) is 23.5. The molecule has 11 heteroatoms. The molecule has 0 aliphatic rings. The molecule has 2 aromatic carbocycles. The summed E-state index contributed by atoms with van der Waals surface area (Å²) in [4.78, 5) is 11.7. The quantitative estimate of drug-likeness (QED) is 0.559. The van der Waals surface area contributed by atoms with E-state index in [1.165, 1.54) is 0 Å². The molecule has 0 radical (unpaired) electrons. The smallest absolute Gasteiger partial charge is 0.343 e. The van der Waals surface area contributed by atoms with Crippen LogP contribution in [-0.4, -0.2) is 36.8 Å². The predicted molar refractivity (Wildman–Crippen MR) is 112 cm³/mol. The molecule has 3 aromatic rings. The lowest BCUT2D eigenvalue weighted by atomic mass is 10.2. The number of para-hydroxylation sites is 1. The van der Waals surface area contributed by atoms with Crippen LogP contribution in [0.4, 0.5) is 13.2 Å². The number of carbonyl (C=O) groups excluding carboxylic acids is 1. The van der Waals surface area contributed by atoms with Gasteiger partial charge in [-0.25, -0.2) is 17.8 Å². The van der Waals surface area contributed by atoms with Gasteiger partial charge in [0.2, 0.25) is 10.0 Å². The van der Waals surface area contributed by atoms with Crippen molar-refractivity contribution in [3.8, 4) is 5.69 Å². The van der Waals surface area contributed by atoms with Crippen molar-refractivity contribution in [3.63, 3.8) is 0 Å². The topological polar surface area (TPSA) is 93.1 Å². The second-order valence-corrected chi connectivity index (χ2v) is 8.81. The summed E-state index contributed by atoms with van der Waals surface area (Å²) in [6.07, 6.45) is -4.53. The van der Waals surface area contributed by atoms with E-state index in [0.717, 1.165) is 41.2 Å². The van der Waals surface area contributed by atoms with Gasteiger partial charge in [-0.05, 0) is 50.2 Å². The highest BCUT2D eigenvalue weighted by atomic mass is 32.2. The maximum absolute atomic E-state index is 12.7. The molecule has 0 fully saturated rings. The summed E-state index contributed by atoms with van der Waals surface area (Å²) < 4.78 is 66.2. The summed E-state index contributed by atoms with van der Waals surface area (Å²) >= 11 is 0. The van der Waals surface area contributed by atoms with Crippen molar-refractivity contribution in [1.29, 1.82) is 0 Å². The van der Waals surface area contributed by atoms with Gasteiger partial charge in [-0.2, -0.15) is 18.3 Å². The Morgan fingerprint density at radius 1 is 1.03 bits per heavy atom. The Hall–Kier alpha value is -3.18. The van der Waals surface area contributed by atoms with Gasteiger partial charge in [0.15, 0.2) is 0 Å². The molecule has 32 heavy (non-hydrogen) atoms. The Morgan fingerprint density at radius 3 is 2.25 bits per heavy atom. The Labute approximate surface area is 183 Å². The third kappa shape index (κ3) is 5.54. The Bertz CT molecular complexity index is 1210. The minimum Gasteiger partial charge on any atom is -0.343 e. The number of aromatic nitrogens is 2. The van der Waals surface area contributed by atoms with Crippen LogP contribution in [-0.2, 0) is 16.6 Å². The molecule has 1 heterocycles. The van der Waals surface area contributed by atoms with E-state index in [1.54, 1.807) is 16.9 Å². The predicted octanol–water partition coefficient (Wildman–Crippen LogP) is 3.26. The van der Waals surface area contributed by atoms with Crippen LogP contribution in [0.15, 0.2) is 59.5 Å². The van der Waals surface area contributed by atoms with Crippen LogP contribution in [0.3, 0.4) is 0 Å². The third-order valence-corrected chi connectivity index (χ3v) is 6.17. The first-order valence-electron chi connectivity index (χ1n) is 9.53. The number of amides is 1. The van der Waals surface area contributed by atoms with Crippen molar-refractivity contribution < 1.29 is 26.4 Å². The first-order valence-corrected chi connectivity index (χ1v) is 11.0. The maximum Gasteiger partial charge on any atom is 0.405 e. The number of halogens is 3. The van der Waals surface area contributed by atoms with E-state index in [9.17, 15) is 26.4 Å². The minimum absolute atomic E-state index is 0.000649. The van der Waals surface area contributed by atoms with E-state index in [2.05, 4.69) is 9.82 Å². The van der Waals surface area contributed by atoms with Crippen LogP contribution in [0.25, 0.3) is 5.69 Å². The molecule has 1 amide bonds. The van der Waals surface area contributed by atoms with Crippen molar-refractivity contribution in [3.05, 3.63) is 77.1 Å². The molecule has 2 N–H and O–H groups in total. The molecule has 0 unspecified atom stereocenters. The minimum atomic E-state index is -4.53. The van der Waals surface area contributed by atoms with E-state index < -0.39 is 28.7 Å². The number of nitrogens with zero attached hydrogens (tertiary/aromatic N) is 2. The lowest BCUT2D eigenvalue weighted by Crippen LogP contribution is -2.33. The Balaban J connectivity index is 1.71. The monoisotopic (exact) mass is 466 g/mol. The van der Waals surface area contributed by atoms with Crippen LogP contribution >= 0.6 is 0 Å². The molecular formula is C21H21F3N4O3S. The van der Waals surface area contributed by atoms with Gasteiger partial charge in [0.25, 0.3) is 5.91 Å². The van der Waals surface area contributed by atoms with Gasteiger partial charge in [0.1, 0.15) is 6.54 Å². The summed E-state index contributed by atoms with van der Waals surface area (Å²) in [7, 11) is -3.92. The van der Waals surface area contributed by atoms with Crippen LogP contribution in [0.1, 0.15) is 27.3 Å². The zero-order valence-electron chi connectivity index (χ0n) is 17.3. The van der Waals surface area contributed by atoms with Crippen molar-refractivity contribution in [2.45, 2.75) is 31.5 Å². The number of sulfonamides is 1. The molecule has 0 aliphatic carbocycles. The molecule has 0 spiro atoms. The second kappa shape index (κ2) is 9.13. The van der Waals surface area contributed by atoms with Crippen molar-refractivity contribution in [2.75, 3.05) is 6.54 Å². The van der Waals surface area contributed by atoms with E-state index in [4.69, 9.17) is 0 Å². The lowest BCUT2D eigenvalue weighted by Gasteiger charge is -2.10. The third-order valence-electron chi connectivity index (χ3n) is 4.76. The number of alkyl halides is 3. The van der Waals surface area contributed by atoms with Crippen LogP contribution in [0, 0.1) is 13.8 Å². The number of rotatable bonds is 7. The number of hydrogen-bond acceptors (Lipinski definition) is 4. The summed E-state index contributed by atoms with van der Waals surface area (Å²) in [5, 5.41) is 6.21. The molecule has 0 saturated heterocycles. The first-order chi connectivity index (χ1) is 15.0.